The minimum absolute atomic E-state index is 0. The number of anilines is 2. The Morgan fingerprint density at radius 2 is 0.809 bits per heavy atom. The summed E-state index contributed by atoms with van der Waals surface area (Å²) in [5, 5.41) is 23.3. The normalized spacial score (nSPS) is 11.2. The van der Waals surface area contributed by atoms with Crippen molar-refractivity contribution in [2.45, 2.75) is 52.4 Å². The smallest absolute Gasteiger partial charge is 0.131 e. The predicted molar refractivity (Wildman–Crippen MR) is 198 cm³/mol. The Bertz CT molecular complexity index is 1670. The highest BCUT2D eigenvalue weighted by Gasteiger charge is 2.15. The van der Waals surface area contributed by atoms with Crippen molar-refractivity contribution in [1.82, 2.24) is 0 Å². The third kappa shape index (κ3) is 9.47. The van der Waals surface area contributed by atoms with E-state index in [2.05, 4.69) is 76.4 Å². The molecule has 0 atom stereocenters. The van der Waals surface area contributed by atoms with Crippen LogP contribution >= 0.6 is 12.4 Å². The molecule has 0 aliphatic carbocycles. The van der Waals surface area contributed by atoms with E-state index in [1.807, 2.05) is 97.1 Å². The molecule has 0 fully saturated rings. The highest BCUT2D eigenvalue weighted by molar-refractivity contribution is 6.06. The fourth-order valence-corrected chi connectivity index (χ4v) is 4.79. The Kier molecular flexibility index (Phi) is 10.8. The number of nitrogens with one attached hydrogen (secondary N) is 4. The summed E-state index contributed by atoms with van der Waals surface area (Å²) >= 11 is 0. The van der Waals surface area contributed by atoms with Gasteiger partial charge in [0.15, 0.2) is 0 Å². The van der Waals surface area contributed by atoms with Gasteiger partial charge in [-0.05, 0) is 82.6 Å². The van der Waals surface area contributed by atoms with Crippen LogP contribution in [0.3, 0.4) is 0 Å². The Balaban J connectivity index is 0.00000500. The zero-order valence-electron chi connectivity index (χ0n) is 27.8. The van der Waals surface area contributed by atoms with Crippen LogP contribution in [0.1, 0.15) is 63.8 Å². The molecule has 0 aliphatic heterocycles. The molecule has 242 valence electrons. The van der Waals surface area contributed by atoms with Crippen LogP contribution in [0.15, 0.2) is 121 Å². The van der Waals surface area contributed by atoms with Gasteiger partial charge in [0.05, 0.1) is 0 Å². The molecule has 5 aromatic carbocycles. The molecule has 0 saturated carbocycles. The number of rotatable bonds is 8. The highest BCUT2D eigenvalue weighted by Crippen LogP contribution is 2.30. The standard InChI is InChI=1S/C40H42N4O2.ClH/c1-39(2,3)29-14-10-27(11-15-29)37(41)43-31-18-22-33(23-19-31)45-35-8-7-9-36(26-35)46-34-24-20-32(21-25-34)44-38(42)28-12-16-30(17-13-28)40(4,5)6;/h7-26H,1-6H3,(H2,41,43)(H2,42,44);1H. The summed E-state index contributed by atoms with van der Waals surface area (Å²) in [7, 11) is 0. The fourth-order valence-electron chi connectivity index (χ4n) is 4.79. The number of hydrogen-bond donors (Lipinski definition) is 4. The Labute approximate surface area is 284 Å². The summed E-state index contributed by atoms with van der Waals surface area (Å²) in [4.78, 5) is 0. The van der Waals surface area contributed by atoms with Gasteiger partial charge in [0.1, 0.15) is 34.7 Å². The van der Waals surface area contributed by atoms with E-state index >= 15 is 0 Å². The molecule has 5 aromatic rings. The molecule has 6 nitrogen and oxygen atoms in total. The molecule has 0 bridgehead atoms. The number of ether oxygens (including phenoxy) is 2. The molecule has 7 heteroatoms. The van der Waals surface area contributed by atoms with E-state index in [1.54, 1.807) is 0 Å². The van der Waals surface area contributed by atoms with Crippen molar-refractivity contribution >= 4 is 35.5 Å². The third-order valence-electron chi connectivity index (χ3n) is 7.60. The average Bonchev–Trinajstić information content (AvgIpc) is 3.02. The van der Waals surface area contributed by atoms with E-state index in [1.165, 1.54) is 11.1 Å². The number of hydrogen-bond acceptors (Lipinski definition) is 4. The number of amidine groups is 2. The topological polar surface area (TPSA) is 90.2 Å². The molecule has 4 N–H and O–H groups in total. The molecule has 0 amide bonds. The van der Waals surface area contributed by atoms with E-state index < -0.39 is 0 Å². The second-order valence-electron chi connectivity index (χ2n) is 13.4. The van der Waals surface area contributed by atoms with Gasteiger partial charge in [0.25, 0.3) is 0 Å². The second kappa shape index (κ2) is 14.6. The molecule has 0 saturated heterocycles. The molecule has 0 radical (unpaired) electrons. The van der Waals surface area contributed by atoms with Crippen LogP contribution in [0.25, 0.3) is 0 Å². The maximum absolute atomic E-state index is 8.47. The summed E-state index contributed by atoms with van der Waals surface area (Å²) in [6.45, 7) is 13.1. The lowest BCUT2D eigenvalue weighted by Gasteiger charge is -2.19. The van der Waals surface area contributed by atoms with E-state index in [4.69, 9.17) is 20.3 Å². The predicted octanol–water partition coefficient (Wildman–Crippen LogP) is 11.2. The fraction of sp³-hybridized carbons (Fsp3) is 0.200. The maximum Gasteiger partial charge on any atom is 0.131 e. The second-order valence-corrected chi connectivity index (χ2v) is 13.4. The first kappa shape index (κ1) is 34.8. The Hall–Kier alpha value is -5.07. The average molecular weight is 647 g/mol. The van der Waals surface area contributed by atoms with Crippen LogP contribution in [0.2, 0.25) is 0 Å². The molecule has 5 rings (SSSR count). The van der Waals surface area contributed by atoms with Crippen molar-refractivity contribution in [3.05, 3.63) is 144 Å². The summed E-state index contributed by atoms with van der Waals surface area (Å²) in [5.74, 6) is 3.33. The van der Waals surface area contributed by atoms with Crippen LogP contribution < -0.4 is 20.1 Å². The SMILES string of the molecule is CC(C)(C)c1ccc(C(=N)Nc2ccc(Oc3cccc(Oc4ccc(NC(=N)c5ccc(C(C)(C)C)cc5)cc4)c3)cc2)cc1.Cl. The van der Waals surface area contributed by atoms with Crippen LogP contribution in [-0.2, 0) is 10.8 Å². The summed E-state index contributed by atoms with van der Waals surface area (Å²) in [6.07, 6.45) is 0. The lowest BCUT2D eigenvalue weighted by Crippen LogP contribution is -2.14. The van der Waals surface area contributed by atoms with Crippen molar-refractivity contribution < 1.29 is 9.47 Å². The molecule has 0 heterocycles. The lowest BCUT2D eigenvalue weighted by molar-refractivity contribution is 0.460. The molecule has 0 aliphatic rings. The summed E-state index contributed by atoms with van der Waals surface area (Å²) < 4.78 is 12.2. The van der Waals surface area contributed by atoms with E-state index in [-0.39, 0.29) is 23.2 Å². The Morgan fingerprint density at radius 1 is 0.468 bits per heavy atom. The first-order chi connectivity index (χ1) is 21.8. The minimum atomic E-state index is 0. The molecular formula is C40H43ClN4O2. The summed E-state index contributed by atoms with van der Waals surface area (Å²) in [6, 6.07) is 38.8. The van der Waals surface area contributed by atoms with Gasteiger partial charge < -0.3 is 20.1 Å². The van der Waals surface area contributed by atoms with Gasteiger partial charge in [-0.1, -0.05) is 96.1 Å². The highest BCUT2D eigenvalue weighted by atomic mass is 35.5. The van der Waals surface area contributed by atoms with Crippen LogP contribution in [0.4, 0.5) is 11.4 Å². The van der Waals surface area contributed by atoms with Crippen molar-refractivity contribution in [2.75, 3.05) is 10.6 Å². The quantitative estimate of drug-likeness (QED) is 0.0997. The van der Waals surface area contributed by atoms with Gasteiger partial charge in [-0.2, -0.15) is 0 Å². The molecule has 0 spiro atoms. The van der Waals surface area contributed by atoms with Crippen molar-refractivity contribution in [3.8, 4) is 23.0 Å². The number of halogens is 1. The molecule has 0 aromatic heterocycles. The van der Waals surface area contributed by atoms with Crippen molar-refractivity contribution in [3.63, 3.8) is 0 Å². The van der Waals surface area contributed by atoms with Gasteiger partial charge in [0, 0.05) is 28.6 Å². The maximum atomic E-state index is 8.47. The largest absolute Gasteiger partial charge is 0.457 e. The molecule has 0 unspecified atom stereocenters. The van der Waals surface area contributed by atoms with E-state index in [9.17, 15) is 0 Å². The first-order valence-corrected chi connectivity index (χ1v) is 15.4. The zero-order chi connectivity index (χ0) is 32.9. The first-order valence-electron chi connectivity index (χ1n) is 15.4. The summed E-state index contributed by atoms with van der Waals surface area (Å²) in [5.41, 5.74) is 5.90. The van der Waals surface area contributed by atoms with E-state index in [0.717, 1.165) is 22.5 Å². The minimum Gasteiger partial charge on any atom is -0.457 e. The monoisotopic (exact) mass is 646 g/mol. The van der Waals surface area contributed by atoms with Gasteiger partial charge in [-0.25, -0.2) is 0 Å². The third-order valence-corrected chi connectivity index (χ3v) is 7.60. The molecule has 47 heavy (non-hydrogen) atoms. The Morgan fingerprint density at radius 3 is 1.13 bits per heavy atom. The van der Waals surface area contributed by atoms with Crippen LogP contribution in [-0.4, -0.2) is 11.7 Å². The van der Waals surface area contributed by atoms with Gasteiger partial charge >= 0.3 is 0 Å². The van der Waals surface area contributed by atoms with Crippen LogP contribution in [0, 0.1) is 10.8 Å². The zero-order valence-corrected chi connectivity index (χ0v) is 28.6. The van der Waals surface area contributed by atoms with Crippen molar-refractivity contribution in [1.29, 1.82) is 10.8 Å². The molecular weight excluding hydrogens is 604 g/mol. The van der Waals surface area contributed by atoms with Gasteiger partial charge in [-0.15, -0.1) is 12.4 Å². The van der Waals surface area contributed by atoms with Crippen molar-refractivity contribution in [2.24, 2.45) is 0 Å². The van der Waals surface area contributed by atoms with E-state index in [0.29, 0.717) is 34.7 Å². The van der Waals surface area contributed by atoms with Gasteiger partial charge in [-0.3, -0.25) is 10.8 Å². The number of benzene rings is 5. The van der Waals surface area contributed by atoms with Crippen LogP contribution in [0.5, 0.6) is 23.0 Å². The lowest BCUT2D eigenvalue weighted by atomic mass is 9.86. The van der Waals surface area contributed by atoms with Gasteiger partial charge in [0.2, 0.25) is 0 Å².